The molecule has 6 nitrogen and oxygen atoms in total. The lowest BCUT2D eigenvalue weighted by Crippen LogP contribution is -2.37. The second-order valence-electron chi connectivity index (χ2n) is 7.41. The van der Waals surface area contributed by atoms with Gasteiger partial charge in [0.05, 0.1) is 5.69 Å². The van der Waals surface area contributed by atoms with E-state index in [1.165, 1.54) is 25.7 Å². The lowest BCUT2D eigenvalue weighted by molar-refractivity contribution is 0.215. The molecular formula is C18H28N6. The van der Waals surface area contributed by atoms with Gasteiger partial charge < -0.3 is 10.2 Å². The topological polar surface area (TPSA) is 58.9 Å². The van der Waals surface area contributed by atoms with E-state index in [0.29, 0.717) is 5.41 Å². The van der Waals surface area contributed by atoms with Crippen molar-refractivity contribution >= 4 is 5.82 Å². The molecule has 1 aliphatic carbocycles. The van der Waals surface area contributed by atoms with E-state index in [1.54, 1.807) is 0 Å². The Morgan fingerprint density at radius 2 is 1.92 bits per heavy atom. The third-order valence-corrected chi connectivity index (χ3v) is 4.84. The van der Waals surface area contributed by atoms with E-state index in [1.807, 2.05) is 36.7 Å². The lowest BCUT2D eigenvalue weighted by atomic mass is 9.85. The fraction of sp³-hybridized carbons (Fsp3) is 0.611. The Balaban J connectivity index is 1.67. The minimum absolute atomic E-state index is 0.361. The number of nitrogens with one attached hydrogen (secondary N) is 1. The monoisotopic (exact) mass is 328 g/mol. The molecule has 0 radical (unpaired) electrons. The van der Waals surface area contributed by atoms with Crippen LogP contribution < -0.4 is 5.32 Å². The summed E-state index contributed by atoms with van der Waals surface area (Å²) in [6, 6.07) is 6.01. The Morgan fingerprint density at radius 1 is 1.17 bits per heavy atom. The molecule has 3 rings (SSSR count). The average Bonchev–Trinajstić information content (AvgIpc) is 3.12. The summed E-state index contributed by atoms with van der Waals surface area (Å²) in [5, 5.41) is 16.6. The van der Waals surface area contributed by atoms with Crippen molar-refractivity contribution in [3.8, 4) is 5.82 Å². The second kappa shape index (κ2) is 6.89. The highest BCUT2D eigenvalue weighted by Crippen LogP contribution is 2.38. The minimum atomic E-state index is 0.361. The van der Waals surface area contributed by atoms with Crippen LogP contribution in [0, 0.1) is 19.3 Å². The third-order valence-electron chi connectivity index (χ3n) is 4.84. The molecule has 0 bridgehead atoms. The highest BCUT2D eigenvalue weighted by Gasteiger charge is 2.34. The largest absolute Gasteiger partial charge is 0.368 e. The molecule has 0 atom stereocenters. The van der Waals surface area contributed by atoms with Gasteiger partial charge >= 0.3 is 0 Å². The molecule has 0 unspecified atom stereocenters. The van der Waals surface area contributed by atoms with E-state index in [9.17, 15) is 0 Å². The Labute approximate surface area is 144 Å². The summed E-state index contributed by atoms with van der Waals surface area (Å²) in [5.41, 5.74) is 2.42. The Morgan fingerprint density at radius 3 is 2.46 bits per heavy atom. The van der Waals surface area contributed by atoms with Gasteiger partial charge in [-0.1, -0.05) is 12.8 Å². The van der Waals surface area contributed by atoms with Crippen LogP contribution in [0.1, 0.15) is 37.1 Å². The Bertz CT molecular complexity index is 667. The maximum Gasteiger partial charge on any atom is 0.176 e. The van der Waals surface area contributed by atoms with E-state index < -0.39 is 0 Å². The van der Waals surface area contributed by atoms with Crippen LogP contribution in [0.3, 0.4) is 0 Å². The van der Waals surface area contributed by atoms with Crippen LogP contribution in [-0.4, -0.2) is 52.1 Å². The number of hydrogen-bond acceptors (Lipinski definition) is 5. The molecule has 130 valence electrons. The van der Waals surface area contributed by atoms with Gasteiger partial charge in [0.25, 0.3) is 0 Å². The molecule has 0 amide bonds. The summed E-state index contributed by atoms with van der Waals surface area (Å²) in [7, 11) is 4.31. The predicted molar refractivity (Wildman–Crippen MR) is 96.6 cm³/mol. The van der Waals surface area contributed by atoms with Crippen LogP contribution in [0.2, 0.25) is 0 Å². The standard InChI is InChI=1S/C18H28N6/c1-14-11-15(2)24(22-14)17-8-7-16(20-21-17)19-12-18(13-23(3)4)9-5-6-10-18/h7-8,11H,5-6,9-10,12-13H2,1-4H3,(H,19,20). The second-order valence-corrected chi connectivity index (χ2v) is 7.41. The van der Waals surface area contributed by atoms with Crippen molar-refractivity contribution in [1.82, 2.24) is 24.9 Å². The lowest BCUT2D eigenvalue weighted by Gasteiger charge is -2.32. The molecule has 1 aliphatic rings. The molecule has 0 spiro atoms. The molecule has 1 N–H and O–H groups in total. The molecule has 6 heteroatoms. The van der Waals surface area contributed by atoms with Crippen LogP contribution in [0.5, 0.6) is 0 Å². The van der Waals surface area contributed by atoms with Crippen molar-refractivity contribution in [3.05, 3.63) is 29.6 Å². The zero-order valence-corrected chi connectivity index (χ0v) is 15.2. The van der Waals surface area contributed by atoms with Crippen molar-refractivity contribution in [1.29, 1.82) is 0 Å². The van der Waals surface area contributed by atoms with Gasteiger partial charge in [-0.15, -0.1) is 10.2 Å². The molecule has 0 aromatic carbocycles. The van der Waals surface area contributed by atoms with Gasteiger partial charge in [0.2, 0.25) is 0 Å². The molecule has 2 heterocycles. The molecule has 24 heavy (non-hydrogen) atoms. The maximum atomic E-state index is 4.45. The van der Waals surface area contributed by atoms with Crippen LogP contribution in [0.25, 0.3) is 5.82 Å². The SMILES string of the molecule is Cc1cc(C)n(-c2ccc(NCC3(CN(C)C)CCCC3)nn2)n1. The molecule has 1 fully saturated rings. The van der Waals surface area contributed by atoms with Crippen LogP contribution in [0.4, 0.5) is 5.82 Å². The van der Waals surface area contributed by atoms with E-state index in [0.717, 1.165) is 36.1 Å². The average molecular weight is 328 g/mol. The van der Waals surface area contributed by atoms with Crippen LogP contribution >= 0.6 is 0 Å². The number of rotatable bonds is 6. The first-order valence-electron chi connectivity index (χ1n) is 8.73. The van der Waals surface area contributed by atoms with Crippen molar-refractivity contribution in [2.24, 2.45) is 5.41 Å². The van der Waals surface area contributed by atoms with Gasteiger partial charge in [0.1, 0.15) is 5.82 Å². The summed E-state index contributed by atoms with van der Waals surface area (Å²) >= 11 is 0. The Kier molecular flexibility index (Phi) is 4.85. The van der Waals surface area contributed by atoms with Gasteiger partial charge in [0, 0.05) is 24.2 Å². The number of hydrogen-bond donors (Lipinski definition) is 1. The third kappa shape index (κ3) is 3.75. The fourth-order valence-corrected chi connectivity index (χ4v) is 3.86. The summed E-state index contributed by atoms with van der Waals surface area (Å²) in [6.07, 6.45) is 5.24. The van der Waals surface area contributed by atoms with E-state index in [2.05, 4.69) is 39.6 Å². The highest BCUT2D eigenvalue weighted by molar-refractivity contribution is 5.37. The zero-order valence-electron chi connectivity index (χ0n) is 15.2. The van der Waals surface area contributed by atoms with Crippen LogP contribution in [0.15, 0.2) is 18.2 Å². The smallest absolute Gasteiger partial charge is 0.176 e. The summed E-state index contributed by atoms with van der Waals surface area (Å²) < 4.78 is 1.83. The summed E-state index contributed by atoms with van der Waals surface area (Å²) in [6.45, 7) is 6.09. The van der Waals surface area contributed by atoms with Gasteiger partial charge in [-0.3, -0.25) is 0 Å². The predicted octanol–water partition coefficient (Wildman–Crippen LogP) is 2.81. The van der Waals surface area contributed by atoms with E-state index in [4.69, 9.17) is 0 Å². The van der Waals surface area contributed by atoms with Crippen molar-refractivity contribution < 1.29 is 0 Å². The molecule has 1 saturated carbocycles. The van der Waals surface area contributed by atoms with Crippen LogP contribution in [-0.2, 0) is 0 Å². The first-order valence-corrected chi connectivity index (χ1v) is 8.73. The normalized spacial score (nSPS) is 16.7. The molecule has 2 aromatic rings. The van der Waals surface area contributed by atoms with Gasteiger partial charge in [-0.2, -0.15) is 5.10 Å². The first-order chi connectivity index (χ1) is 11.5. The number of aryl methyl sites for hydroxylation is 2. The number of anilines is 1. The van der Waals surface area contributed by atoms with E-state index in [-0.39, 0.29) is 0 Å². The van der Waals surface area contributed by atoms with Gasteiger partial charge in [-0.25, -0.2) is 4.68 Å². The maximum absolute atomic E-state index is 4.45. The number of aromatic nitrogens is 4. The minimum Gasteiger partial charge on any atom is -0.368 e. The molecule has 0 aliphatic heterocycles. The highest BCUT2D eigenvalue weighted by atomic mass is 15.4. The van der Waals surface area contributed by atoms with Crippen molar-refractivity contribution in [2.75, 3.05) is 32.5 Å². The number of nitrogens with zero attached hydrogens (tertiary/aromatic N) is 5. The summed E-state index contributed by atoms with van der Waals surface area (Å²) in [5.74, 6) is 1.60. The fourth-order valence-electron chi connectivity index (χ4n) is 3.86. The molecule has 2 aromatic heterocycles. The van der Waals surface area contributed by atoms with Gasteiger partial charge in [0.15, 0.2) is 5.82 Å². The van der Waals surface area contributed by atoms with Crippen molar-refractivity contribution in [2.45, 2.75) is 39.5 Å². The first kappa shape index (κ1) is 16.9. The van der Waals surface area contributed by atoms with E-state index >= 15 is 0 Å². The molecule has 0 saturated heterocycles. The summed E-state index contributed by atoms with van der Waals surface area (Å²) in [4.78, 5) is 2.30. The van der Waals surface area contributed by atoms with Crippen molar-refractivity contribution in [3.63, 3.8) is 0 Å². The molecular weight excluding hydrogens is 300 g/mol. The zero-order chi connectivity index (χ0) is 17.2. The van der Waals surface area contributed by atoms with Gasteiger partial charge in [-0.05, 0) is 59.0 Å². The Hall–Kier alpha value is -1.95. The quantitative estimate of drug-likeness (QED) is 0.883.